The molecule has 1 heterocycles. The molecule has 19 heavy (non-hydrogen) atoms. The molecule has 2 rings (SSSR count). The van der Waals surface area contributed by atoms with Crippen LogP contribution in [0.4, 0.5) is 0 Å². The second-order valence-corrected chi connectivity index (χ2v) is 6.07. The molecule has 1 aliphatic heterocycles. The molecule has 1 aromatic carbocycles. The Morgan fingerprint density at radius 3 is 2.47 bits per heavy atom. The van der Waals surface area contributed by atoms with Crippen molar-refractivity contribution in [3.63, 3.8) is 0 Å². The molecule has 1 saturated heterocycles. The van der Waals surface area contributed by atoms with E-state index in [2.05, 4.69) is 35.1 Å². The Balaban J connectivity index is 0.00000180. The normalized spacial score (nSPS) is 22.8. The van der Waals surface area contributed by atoms with Crippen LogP contribution in [-0.2, 0) is 0 Å². The van der Waals surface area contributed by atoms with E-state index < -0.39 is 0 Å². The van der Waals surface area contributed by atoms with Crippen molar-refractivity contribution in [3.05, 3.63) is 33.3 Å². The van der Waals surface area contributed by atoms with Gasteiger partial charge in [0.2, 0.25) is 0 Å². The molecule has 3 nitrogen and oxygen atoms in total. The summed E-state index contributed by atoms with van der Waals surface area (Å²) >= 11 is 9.28. The van der Waals surface area contributed by atoms with Crippen molar-refractivity contribution in [1.29, 1.82) is 0 Å². The largest absolute Gasteiger partial charge is 0.336 e. The number of benzene rings is 1. The summed E-state index contributed by atoms with van der Waals surface area (Å²) in [6, 6.07) is 5.95. The Morgan fingerprint density at radius 2 is 1.95 bits per heavy atom. The van der Waals surface area contributed by atoms with Crippen molar-refractivity contribution >= 4 is 45.8 Å². The minimum Gasteiger partial charge on any atom is -0.336 e. The Bertz CT molecular complexity index is 460. The van der Waals surface area contributed by atoms with Crippen molar-refractivity contribution in [2.75, 3.05) is 13.1 Å². The first-order valence-corrected chi connectivity index (χ1v) is 7.15. The third kappa shape index (κ3) is 4.09. The fraction of sp³-hybridized carbons (Fsp3) is 0.462. The summed E-state index contributed by atoms with van der Waals surface area (Å²) in [5, 5.41) is 4.03. The second-order valence-electron chi connectivity index (χ2n) is 4.81. The van der Waals surface area contributed by atoms with E-state index in [1.165, 1.54) is 0 Å². The number of hydrogen-bond donors (Lipinski definition) is 1. The van der Waals surface area contributed by atoms with Gasteiger partial charge in [-0.2, -0.15) is 0 Å². The van der Waals surface area contributed by atoms with Gasteiger partial charge in [0, 0.05) is 35.2 Å². The molecule has 0 bridgehead atoms. The lowest BCUT2D eigenvalue weighted by Crippen LogP contribution is -2.55. The number of carbonyl (C=O) groups is 1. The van der Waals surface area contributed by atoms with Gasteiger partial charge < -0.3 is 10.2 Å². The average Bonchev–Trinajstić information content (AvgIpc) is 2.30. The monoisotopic (exact) mass is 366 g/mol. The minimum absolute atomic E-state index is 0. The van der Waals surface area contributed by atoms with Crippen LogP contribution in [0.1, 0.15) is 24.2 Å². The van der Waals surface area contributed by atoms with Crippen LogP contribution in [-0.4, -0.2) is 36.0 Å². The van der Waals surface area contributed by atoms with Crippen LogP contribution in [0.3, 0.4) is 0 Å². The molecule has 0 saturated carbocycles. The lowest BCUT2D eigenvalue weighted by molar-refractivity contribution is 0.0673. The van der Waals surface area contributed by atoms with Gasteiger partial charge in [-0.05, 0) is 48.0 Å². The summed E-state index contributed by atoms with van der Waals surface area (Å²) in [4.78, 5) is 14.3. The number of piperazine rings is 1. The number of halogens is 3. The third-order valence-corrected chi connectivity index (χ3v) is 4.23. The Kier molecular flexibility index (Phi) is 6.12. The van der Waals surface area contributed by atoms with Gasteiger partial charge in [-0.1, -0.05) is 11.6 Å². The van der Waals surface area contributed by atoms with Crippen LogP contribution in [0.15, 0.2) is 22.7 Å². The SMILES string of the molecule is CC1CN(C(=O)c2ccc(Cl)c(Br)c2)CC(C)N1.Cl. The molecular weight excluding hydrogens is 351 g/mol. The number of rotatable bonds is 1. The van der Waals surface area contributed by atoms with Crippen LogP contribution in [0.5, 0.6) is 0 Å². The van der Waals surface area contributed by atoms with E-state index >= 15 is 0 Å². The molecule has 106 valence electrons. The quantitative estimate of drug-likeness (QED) is 0.825. The fourth-order valence-corrected chi connectivity index (χ4v) is 2.80. The van der Waals surface area contributed by atoms with Gasteiger partial charge in [-0.15, -0.1) is 12.4 Å². The topological polar surface area (TPSA) is 32.3 Å². The van der Waals surface area contributed by atoms with E-state index in [-0.39, 0.29) is 18.3 Å². The highest BCUT2D eigenvalue weighted by atomic mass is 79.9. The summed E-state index contributed by atoms with van der Waals surface area (Å²) in [7, 11) is 0. The van der Waals surface area contributed by atoms with Crippen LogP contribution in [0, 0.1) is 0 Å². The van der Waals surface area contributed by atoms with Crippen LogP contribution >= 0.6 is 39.9 Å². The maximum absolute atomic E-state index is 12.4. The van der Waals surface area contributed by atoms with Gasteiger partial charge in [0.05, 0.1) is 5.02 Å². The number of amides is 1. The molecule has 0 spiro atoms. The van der Waals surface area contributed by atoms with Crippen LogP contribution in [0.25, 0.3) is 0 Å². The van der Waals surface area contributed by atoms with Crippen molar-refractivity contribution in [3.8, 4) is 0 Å². The number of carbonyl (C=O) groups excluding carboxylic acids is 1. The third-order valence-electron chi connectivity index (χ3n) is 3.01. The molecule has 0 aliphatic carbocycles. The predicted octanol–water partition coefficient (Wildman–Crippen LogP) is 3.35. The van der Waals surface area contributed by atoms with E-state index in [1.54, 1.807) is 18.2 Å². The zero-order valence-corrected chi connectivity index (χ0v) is 14.0. The maximum Gasteiger partial charge on any atom is 0.254 e. The molecule has 0 aromatic heterocycles. The fourth-order valence-electron chi connectivity index (χ4n) is 2.30. The Labute approximate surface area is 133 Å². The van der Waals surface area contributed by atoms with E-state index in [1.807, 2.05) is 4.90 Å². The van der Waals surface area contributed by atoms with Crippen LogP contribution in [0.2, 0.25) is 5.02 Å². The molecule has 2 unspecified atom stereocenters. The maximum atomic E-state index is 12.4. The summed E-state index contributed by atoms with van der Waals surface area (Å²) in [5.74, 6) is 0.0626. The van der Waals surface area contributed by atoms with E-state index in [0.29, 0.717) is 22.7 Å². The summed E-state index contributed by atoms with van der Waals surface area (Å²) < 4.78 is 0.756. The van der Waals surface area contributed by atoms with Gasteiger partial charge in [-0.3, -0.25) is 4.79 Å². The van der Waals surface area contributed by atoms with E-state index in [4.69, 9.17) is 11.6 Å². The highest BCUT2D eigenvalue weighted by Crippen LogP contribution is 2.24. The molecular formula is C13H17BrCl2N2O. The van der Waals surface area contributed by atoms with Gasteiger partial charge in [-0.25, -0.2) is 0 Å². The average molecular weight is 368 g/mol. The van der Waals surface area contributed by atoms with Crippen molar-refractivity contribution in [2.24, 2.45) is 0 Å². The van der Waals surface area contributed by atoms with Crippen molar-refractivity contribution in [1.82, 2.24) is 10.2 Å². The zero-order valence-electron chi connectivity index (χ0n) is 10.8. The van der Waals surface area contributed by atoms with Gasteiger partial charge in [0.1, 0.15) is 0 Å². The van der Waals surface area contributed by atoms with Gasteiger partial charge in [0.25, 0.3) is 5.91 Å². The first-order valence-electron chi connectivity index (χ1n) is 5.97. The molecule has 6 heteroatoms. The van der Waals surface area contributed by atoms with Crippen LogP contribution < -0.4 is 5.32 Å². The molecule has 2 atom stereocenters. The first-order chi connectivity index (χ1) is 8.47. The molecule has 1 N–H and O–H groups in total. The summed E-state index contributed by atoms with van der Waals surface area (Å²) in [5.41, 5.74) is 0.674. The van der Waals surface area contributed by atoms with E-state index in [0.717, 1.165) is 17.6 Å². The lowest BCUT2D eigenvalue weighted by Gasteiger charge is -2.36. The Morgan fingerprint density at radius 1 is 1.37 bits per heavy atom. The van der Waals surface area contributed by atoms with Gasteiger partial charge in [0.15, 0.2) is 0 Å². The summed E-state index contributed by atoms with van der Waals surface area (Å²) in [6.07, 6.45) is 0. The molecule has 1 amide bonds. The molecule has 0 radical (unpaired) electrons. The molecule has 1 aromatic rings. The standard InChI is InChI=1S/C13H16BrClN2O.ClH/c1-8-6-17(7-9(2)16-8)13(18)10-3-4-12(15)11(14)5-10;/h3-5,8-9,16H,6-7H2,1-2H3;1H. The van der Waals surface area contributed by atoms with Gasteiger partial charge >= 0.3 is 0 Å². The smallest absolute Gasteiger partial charge is 0.254 e. The highest BCUT2D eigenvalue weighted by molar-refractivity contribution is 9.10. The minimum atomic E-state index is 0. The lowest BCUT2D eigenvalue weighted by atomic mass is 10.1. The zero-order chi connectivity index (χ0) is 13.3. The van der Waals surface area contributed by atoms with Crippen molar-refractivity contribution < 1.29 is 4.79 Å². The number of nitrogens with one attached hydrogen (secondary N) is 1. The highest BCUT2D eigenvalue weighted by Gasteiger charge is 2.25. The molecule has 1 aliphatic rings. The first kappa shape index (κ1) is 16.8. The second kappa shape index (κ2) is 6.93. The Hall–Kier alpha value is -0.290. The summed E-state index contributed by atoms with van der Waals surface area (Å²) in [6.45, 7) is 5.66. The van der Waals surface area contributed by atoms with E-state index in [9.17, 15) is 4.79 Å². The van der Waals surface area contributed by atoms with Crippen molar-refractivity contribution in [2.45, 2.75) is 25.9 Å². The molecule has 1 fully saturated rings. The number of hydrogen-bond acceptors (Lipinski definition) is 2. The number of nitrogens with zero attached hydrogens (tertiary/aromatic N) is 1. The predicted molar refractivity (Wildman–Crippen MR) is 84.4 cm³/mol.